The highest BCUT2D eigenvalue weighted by molar-refractivity contribution is 7.14. The summed E-state index contributed by atoms with van der Waals surface area (Å²) in [5.41, 5.74) is 2.75. The molecule has 2 heterocycles. The first-order valence-electron chi connectivity index (χ1n) is 8.77. The molecule has 6 nitrogen and oxygen atoms in total. The second-order valence-corrected chi connectivity index (χ2v) is 7.64. The van der Waals surface area contributed by atoms with Crippen LogP contribution in [0.15, 0.2) is 36.7 Å². The molecule has 1 N–H and O–H groups in total. The van der Waals surface area contributed by atoms with Gasteiger partial charge in [0.1, 0.15) is 5.69 Å². The van der Waals surface area contributed by atoms with Gasteiger partial charge in [0.2, 0.25) is 0 Å². The van der Waals surface area contributed by atoms with Crippen molar-refractivity contribution in [2.75, 3.05) is 14.2 Å². The molecule has 140 valence electrons. The zero-order chi connectivity index (χ0) is 19.0. The van der Waals surface area contributed by atoms with Crippen molar-refractivity contribution in [1.29, 1.82) is 0 Å². The zero-order valence-corrected chi connectivity index (χ0v) is 16.3. The van der Waals surface area contributed by atoms with Crippen LogP contribution in [0.1, 0.15) is 39.0 Å². The van der Waals surface area contributed by atoms with Crippen LogP contribution < -0.4 is 14.8 Å². The van der Waals surface area contributed by atoms with E-state index >= 15 is 0 Å². The van der Waals surface area contributed by atoms with Gasteiger partial charge in [-0.3, -0.25) is 4.79 Å². The summed E-state index contributed by atoms with van der Waals surface area (Å²) < 4.78 is 12.7. The van der Waals surface area contributed by atoms with Crippen LogP contribution >= 0.6 is 11.3 Å². The SMILES string of the molecule is COc1cc2c(cc1OC)[C@@H](NC(=O)c1nc(-n3cccc3)sc1C)CC2. The van der Waals surface area contributed by atoms with E-state index in [1.807, 2.05) is 48.1 Å². The minimum absolute atomic E-state index is 0.0524. The third-order valence-corrected chi connectivity index (χ3v) is 5.84. The van der Waals surface area contributed by atoms with Gasteiger partial charge in [-0.15, -0.1) is 11.3 Å². The fraction of sp³-hybridized carbons (Fsp3) is 0.300. The summed E-state index contributed by atoms with van der Waals surface area (Å²) >= 11 is 1.51. The Labute approximate surface area is 161 Å². The number of ether oxygens (including phenoxy) is 2. The molecule has 0 saturated carbocycles. The Balaban J connectivity index is 1.57. The van der Waals surface area contributed by atoms with Gasteiger partial charge in [-0.25, -0.2) is 4.98 Å². The standard InChI is InChI=1S/C20H21N3O3S/c1-12-18(22-20(27-12)23-8-4-5-9-23)19(24)21-15-7-6-13-10-16(25-2)17(26-3)11-14(13)15/h4-5,8-11,15H,6-7H2,1-3H3,(H,21,24)/t15-/m0/s1. The lowest BCUT2D eigenvalue weighted by Gasteiger charge is -2.16. The lowest BCUT2D eigenvalue weighted by atomic mass is 10.1. The third-order valence-electron chi connectivity index (χ3n) is 4.85. The second kappa shape index (κ2) is 7.08. The maximum absolute atomic E-state index is 12.9. The number of nitrogens with one attached hydrogen (secondary N) is 1. The molecule has 1 aliphatic carbocycles. The predicted molar refractivity (Wildman–Crippen MR) is 104 cm³/mol. The van der Waals surface area contributed by atoms with Crippen LogP contribution in [0, 0.1) is 6.92 Å². The Kier molecular flexibility index (Phi) is 4.61. The molecule has 0 radical (unpaired) electrons. The molecule has 0 unspecified atom stereocenters. The minimum Gasteiger partial charge on any atom is -0.493 e. The normalized spacial score (nSPS) is 15.4. The Morgan fingerprint density at radius 2 is 1.93 bits per heavy atom. The topological polar surface area (TPSA) is 65.4 Å². The van der Waals surface area contributed by atoms with Crippen molar-refractivity contribution in [3.63, 3.8) is 0 Å². The number of hydrogen-bond donors (Lipinski definition) is 1. The summed E-state index contributed by atoms with van der Waals surface area (Å²) in [6, 6.07) is 7.79. The maximum atomic E-state index is 12.9. The summed E-state index contributed by atoms with van der Waals surface area (Å²) in [7, 11) is 3.25. The molecule has 7 heteroatoms. The van der Waals surface area contributed by atoms with Crippen molar-refractivity contribution >= 4 is 17.2 Å². The first-order valence-corrected chi connectivity index (χ1v) is 9.58. The molecule has 1 amide bonds. The number of amides is 1. The monoisotopic (exact) mass is 383 g/mol. The van der Waals surface area contributed by atoms with Gasteiger partial charge in [0.05, 0.1) is 20.3 Å². The fourth-order valence-corrected chi connectivity index (χ4v) is 4.35. The Hall–Kier alpha value is -2.80. The van der Waals surface area contributed by atoms with Gasteiger partial charge in [0, 0.05) is 17.3 Å². The highest BCUT2D eigenvalue weighted by Crippen LogP contribution is 2.39. The molecule has 0 bridgehead atoms. The second-order valence-electron chi connectivity index (χ2n) is 6.46. The van der Waals surface area contributed by atoms with Crippen molar-refractivity contribution in [3.8, 4) is 16.6 Å². The first-order chi connectivity index (χ1) is 13.1. The Morgan fingerprint density at radius 1 is 1.22 bits per heavy atom. The van der Waals surface area contributed by atoms with E-state index in [-0.39, 0.29) is 11.9 Å². The summed E-state index contributed by atoms with van der Waals surface area (Å²) in [5, 5.41) is 3.93. The zero-order valence-electron chi connectivity index (χ0n) is 15.5. The van der Waals surface area contributed by atoms with Gasteiger partial charge in [-0.05, 0) is 55.2 Å². The summed E-state index contributed by atoms with van der Waals surface area (Å²) in [6.07, 6.45) is 5.59. The average molecular weight is 383 g/mol. The van der Waals surface area contributed by atoms with E-state index < -0.39 is 0 Å². The van der Waals surface area contributed by atoms with Crippen LogP contribution in [0.2, 0.25) is 0 Å². The van der Waals surface area contributed by atoms with Gasteiger partial charge in [0.15, 0.2) is 16.6 Å². The Morgan fingerprint density at radius 3 is 2.63 bits per heavy atom. The number of fused-ring (bicyclic) bond motifs is 1. The first kappa shape index (κ1) is 17.6. The fourth-order valence-electron chi connectivity index (χ4n) is 3.48. The molecule has 4 rings (SSSR count). The van der Waals surface area contributed by atoms with Gasteiger partial charge < -0.3 is 19.4 Å². The molecule has 27 heavy (non-hydrogen) atoms. The largest absolute Gasteiger partial charge is 0.493 e. The number of thiazole rings is 1. The van der Waals surface area contributed by atoms with E-state index in [0.29, 0.717) is 11.4 Å². The molecule has 1 atom stereocenters. The highest BCUT2D eigenvalue weighted by Gasteiger charge is 2.28. The van der Waals surface area contributed by atoms with E-state index in [2.05, 4.69) is 10.3 Å². The smallest absolute Gasteiger partial charge is 0.271 e. The number of aromatic nitrogens is 2. The molecule has 0 aliphatic heterocycles. The molecular weight excluding hydrogens is 362 g/mol. The number of nitrogens with zero attached hydrogens (tertiary/aromatic N) is 2. The number of carbonyl (C=O) groups excluding carboxylic acids is 1. The minimum atomic E-state index is -0.144. The van der Waals surface area contributed by atoms with Crippen molar-refractivity contribution < 1.29 is 14.3 Å². The Bertz CT molecular complexity index is 979. The van der Waals surface area contributed by atoms with E-state index in [0.717, 1.165) is 34.2 Å². The van der Waals surface area contributed by atoms with Crippen molar-refractivity contribution in [2.24, 2.45) is 0 Å². The molecule has 0 saturated heterocycles. The third kappa shape index (κ3) is 3.19. The van der Waals surface area contributed by atoms with Crippen molar-refractivity contribution in [1.82, 2.24) is 14.9 Å². The van der Waals surface area contributed by atoms with Crippen molar-refractivity contribution in [3.05, 3.63) is 58.4 Å². The summed E-state index contributed by atoms with van der Waals surface area (Å²) in [4.78, 5) is 18.3. The van der Waals surface area contributed by atoms with Gasteiger partial charge in [-0.1, -0.05) is 0 Å². The quantitative estimate of drug-likeness (QED) is 0.730. The summed E-state index contributed by atoms with van der Waals surface area (Å²) in [6.45, 7) is 1.93. The molecule has 2 aromatic heterocycles. The van der Waals surface area contributed by atoms with Crippen LogP contribution in [0.5, 0.6) is 11.5 Å². The maximum Gasteiger partial charge on any atom is 0.271 e. The molecule has 3 aromatic rings. The van der Waals surface area contributed by atoms with Crippen LogP contribution in [-0.4, -0.2) is 29.7 Å². The van der Waals surface area contributed by atoms with Crippen LogP contribution in [0.3, 0.4) is 0 Å². The molecule has 1 aliphatic rings. The van der Waals surface area contributed by atoms with E-state index in [9.17, 15) is 4.79 Å². The lowest BCUT2D eigenvalue weighted by Crippen LogP contribution is -2.28. The van der Waals surface area contributed by atoms with Gasteiger partial charge in [0.25, 0.3) is 5.91 Å². The van der Waals surface area contributed by atoms with Crippen LogP contribution in [-0.2, 0) is 6.42 Å². The van der Waals surface area contributed by atoms with Gasteiger partial charge in [-0.2, -0.15) is 0 Å². The number of hydrogen-bond acceptors (Lipinski definition) is 5. The average Bonchev–Trinajstić information content (AvgIpc) is 3.40. The predicted octanol–water partition coefficient (Wildman–Crippen LogP) is 3.68. The number of rotatable bonds is 5. The van der Waals surface area contributed by atoms with Crippen LogP contribution in [0.25, 0.3) is 5.13 Å². The number of benzene rings is 1. The van der Waals surface area contributed by atoms with E-state index in [1.165, 1.54) is 16.9 Å². The lowest BCUT2D eigenvalue weighted by molar-refractivity contribution is 0.0931. The molecule has 1 aromatic carbocycles. The highest BCUT2D eigenvalue weighted by atomic mass is 32.1. The molecule has 0 spiro atoms. The van der Waals surface area contributed by atoms with Crippen LogP contribution in [0.4, 0.5) is 0 Å². The van der Waals surface area contributed by atoms with Crippen molar-refractivity contribution in [2.45, 2.75) is 25.8 Å². The molecule has 0 fully saturated rings. The molecular formula is C20H21N3O3S. The summed E-state index contributed by atoms with van der Waals surface area (Å²) in [5.74, 6) is 1.25. The van der Waals surface area contributed by atoms with Gasteiger partial charge >= 0.3 is 0 Å². The van der Waals surface area contributed by atoms with E-state index in [1.54, 1.807) is 14.2 Å². The van der Waals surface area contributed by atoms with E-state index in [4.69, 9.17) is 9.47 Å². The number of methoxy groups -OCH3 is 2. The number of carbonyl (C=O) groups is 1. The number of aryl methyl sites for hydroxylation is 2.